The van der Waals surface area contributed by atoms with Gasteiger partial charge in [0.15, 0.2) is 0 Å². The smallest absolute Gasteiger partial charge is 0.296 e. The topological polar surface area (TPSA) is 55.1 Å². The highest BCUT2D eigenvalue weighted by Gasteiger charge is 2.31. The average molecular weight is 180 g/mol. The average Bonchev–Trinajstić information content (AvgIpc) is 2.19. The lowest BCUT2D eigenvalue weighted by Gasteiger charge is -2.36. The van der Waals surface area contributed by atoms with Crippen LogP contribution < -0.4 is 11.1 Å². The largest absolute Gasteiger partial charge is 0.339 e. The summed E-state index contributed by atoms with van der Waals surface area (Å²) in [7, 11) is 0. The molecule has 72 valence electrons. The van der Waals surface area contributed by atoms with Crippen LogP contribution in [0.2, 0.25) is 0 Å². The van der Waals surface area contributed by atoms with Crippen LogP contribution in [-0.2, 0) is 4.79 Å². The molecule has 0 radical (unpaired) electrons. The third-order valence-electron chi connectivity index (χ3n) is 2.71. The molecular formula is C10H16N2O. The molecule has 3 N–H and O–H groups in total. The predicted octanol–water partition coefficient (Wildman–Crippen LogP) is 0.397. The lowest BCUT2D eigenvalue weighted by atomic mass is 9.81. The maximum atomic E-state index is 11.0. The van der Waals surface area contributed by atoms with Crippen molar-refractivity contribution in [1.82, 2.24) is 5.32 Å². The van der Waals surface area contributed by atoms with E-state index in [0.717, 1.165) is 25.7 Å². The Morgan fingerprint density at radius 3 is 2.54 bits per heavy atom. The van der Waals surface area contributed by atoms with Crippen molar-refractivity contribution in [1.29, 1.82) is 0 Å². The van der Waals surface area contributed by atoms with Crippen molar-refractivity contribution in [3.63, 3.8) is 0 Å². The van der Waals surface area contributed by atoms with Crippen LogP contribution in [0.1, 0.15) is 32.1 Å². The second-order valence-electron chi connectivity index (χ2n) is 3.64. The SMILES string of the molecule is C#CC(=O)NC1(CN)CCCCC1. The lowest BCUT2D eigenvalue weighted by Crippen LogP contribution is -2.54. The summed E-state index contributed by atoms with van der Waals surface area (Å²) in [5, 5.41) is 2.83. The fourth-order valence-corrected chi connectivity index (χ4v) is 1.89. The van der Waals surface area contributed by atoms with Gasteiger partial charge in [-0.3, -0.25) is 4.79 Å². The van der Waals surface area contributed by atoms with Crippen LogP contribution in [-0.4, -0.2) is 18.0 Å². The van der Waals surface area contributed by atoms with E-state index in [-0.39, 0.29) is 11.4 Å². The van der Waals surface area contributed by atoms with E-state index in [9.17, 15) is 4.79 Å². The highest BCUT2D eigenvalue weighted by atomic mass is 16.1. The van der Waals surface area contributed by atoms with Crippen LogP contribution in [0.5, 0.6) is 0 Å². The van der Waals surface area contributed by atoms with Crippen molar-refractivity contribution in [2.24, 2.45) is 5.73 Å². The van der Waals surface area contributed by atoms with Gasteiger partial charge in [-0.05, 0) is 18.8 Å². The first-order chi connectivity index (χ1) is 6.22. The standard InChI is InChI=1S/C10H16N2O/c1-2-9(13)12-10(8-11)6-4-3-5-7-10/h1H,3-8,11H2,(H,12,13). The maximum absolute atomic E-state index is 11.0. The third kappa shape index (κ3) is 2.46. The molecule has 0 saturated heterocycles. The Morgan fingerprint density at radius 1 is 1.46 bits per heavy atom. The second kappa shape index (κ2) is 4.29. The van der Waals surface area contributed by atoms with Gasteiger partial charge < -0.3 is 11.1 Å². The van der Waals surface area contributed by atoms with Gasteiger partial charge in [0, 0.05) is 6.54 Å². The first-order valence-electron chi connectivity index (χ1n) is 4.71. The zero-order chi connectivity index (χ0) is 9.73. The molecule has 0 bridgehead atoms. The highest BCUT2D eigenvalue weighted by molar-refractivity contribution is 5.93. The Kier molecular flexibility index (Phi) is 3.32. The van der Waals surface area contributed by atoms with Crippen LogP contribution in [0.4, 0.5) is 0 Å². The number of terminal acetylenes is 1. The first kappa shape index (κ1) is 10.1. The van der Waals surface area contributed by atoms with E-state index in [4.69, 9.17) is 12.2 Å². The fraction of sp³-hybridized carbons (Fsp3) is 0.700. The minimum Gasteiger partial charge on any atom is -0.339 e. The summed E-state index contributed by atoms with van der Waals surface area (Å²) in [4.78, 5) is 11.0. The fourth-order valence-electron chi connectivity index (χ4n) is 1.89. The molecule has 3 heteroatoms. The number of hydrogen-bond donors (Lipinski definition) is 2. The molecule has 1 aliphatic carbocycles. The zero-order valence-electron chi connectivity index (χ0n) is 7.81. The molecule has 1 aliphatic rings. The molecular weight excluding hydrogens is 164 g/mol. The number of nitrogens with one attached hydrogen (secondary N) is 1. The van der Waals surface area contributed by atoms with E-state index in [2.05, 4.69) is 11.2 Å². The molecule has 1 saturated carbocycles. The number of carbonyl (C=O) groups excluding carboxylic acids is 1. The number of carbonyl (C=O) groups is 1. The summed E-state index contributed by atoms with van der Waals surface area (Å²) in [6.07, 6.45) is 10.4. The van der Waals surface area contributed by atoms with Crippen LogP contribution in [0.25, 0.3) is 0 Å². The summed E-state index contributed by atoms with van der Waals surface area (Å²) < 4.78 is 0. The number of amides is 1. The molecule has 0 aliphatic heterocycles. The molecule has 13 heavy (non-hydrogen) atoms. The summed E-state index contributed by atoms with van der Waals surface area (Å²) in [6, 6.07) is 0. The number of nitrogens with two attached hydrogens (primary N) is 1. The number of rotatable bonds is 2. The van der Waals surface area contributed by atoms with Gasteiger partial charge in [-0.25, -0.2) is 0 Å². The third-order valence-corrected chi connectivity index (χ3v) is 2.71. The van der Waals surface area contributed by atoms with Crippen LogP contribution in [0.15, 0.2) is 0 Å². The van der Waals surface area contributed by atoms with E-state index in [1.54, 1.807) is 0 Å². The Hall–Kier alpha value is -1.01. The molecule has 1 rings (SSSR count). The second-order valence-corrected chi connectivity index (χ2v) is 3.64. The Labute approximate surface area is 79.1 Å². The first-order valence-corrected chi connectivity index (χ1v) is 4.71. The molecule has 0 atom stereocenters. The summed E-state index contributed by atoms with van der Waals surface area (Å²) in [5.41, 5.74) is 5.44. The van der Waals surface area contributed by atoms with Crippen molar-refractivity contribution >= 4 is 5.91 Å². The predicted molar refractivity (Wildman–Crippen MR) is 51.8 cm³/mol. The highest BCUT2D eigenvalue weighted by Crippen LogP contribution is 2.26. The Balaban J connectivity index is 2.58. The van der Waals surface area contributed by atoms with Gasteiger partial charge in [-0.1, -0.05) is 19.3 Å². The van der Waals surface area contributed by atoms with Crippen molar-refractivity contribution in [3.05, 3.63) is 0 Å². The Bertz CT molecular complexity index is 224. The molecule has 0 aromatic carbocycles. The van der Waals surface area contributed by atoms with Crippen molar-refractivity contribution in [3.8, 4) is 12.3 Å². The van der Waals surface area contributed by atoms with E-state index < -0.39 is 0 Å². The molecule has 0 aromatic heterocycles. The molecule has 0 heterocycles. The molecule has 0 unspecified atom stereocenters. The summed E-state index contributed by atoms with van der Waals surface area (Å²) >= 11 is 0. The van der Waals surface area contributed by atoms with Gasteiger partial charge in [0.1, 0.15) is 0 Å². The van der Waals surface area contributed by atoms with E-state index in [0.29, 0.717) is 6.54 Å². The van der Waals surface area contributed by atoms with Crippen LogP contribution in [0, 0.1) is 12.3 Å². The number of hydrogen-bond acceptors (Lipinski definition) is 2. The van der Waals surface area contributed by atoms with Gasteiger partial charge >= 0.3 is 0 Å². The summed E-state index contributed by atoms with van der Waals surface area (Å²) in [5.74, 6) is 1.73. The lowest BCUT2D eigenvalue weighted by molar-refractivity contribution is -0.117. The van der Waals surface area contributed by atoms with Gasteiger partial charge in [0.05, 0.1) is 5.54 Å². The van der Waals surface area contributed by atoms with Crippen molar-refractivity contribution < 1.29 is 4.79 Å². The van der Waals surface area contributed by atoms with E-state index >= 15 is 0 Å². The van der Waals surface area contributed by atoms with Gasteiger partial charge in [-0.15, -0.1) is 6.42 Å². The van der Waals surface area contributed by atoms with Crippen molar-refractivity contribution in [2.45, 2.75) is 37.6 Å². The minimum atomic E-state index is -0.340. The van der Waals surface area contributed by atoms with Crippen LogP contribution in [0.3, 0.4) is 0 Å². The van der Waals surface area contributed by atoms with Crippen molar-refractivity contribution in [2.75, 3.05) is 6.54 Å². The van der Waals surface area contributed by atoms with E-state index in [1.807, 2.05) is 0 Å². The van der Waals surface area contributed by atoms with E-state index in [1.165, 1.54) is 6.42 Å². The van der Waals surface area contributed by atoms with Gasteiger partial charge in [-0.2, -0.15) is 0 Å². The monoisotopic (exact) mass is 180 g/mol. The maximum Gasteiger partial charge on any atom is 0.296 e. The summed E-state index contributed by atoms with van der Waals surface area (Å²) in [6.45, 7) is 0.487. The molecule has 0 aromatic rings. The van der Waals surface area contributed by atoms with Gasteiger partial charge in [0.2, 0.25) is 0 Å². The normalized spacial score (nSPS) is 20.3. The quantitative estimate of drug-likeness (QED) is 0.604. The zero-order valence-corrected chi connectivity index (χ0v) is 7.81. The molecule has 0 spiro atoms. The molecule has 3 nitrogen and oxygen atoms in total. The minimum absolute atomic E-state index is 0.221. The molecule has 1 amide bonds. The molecule has 1 fully saturated rings. The van der Waals surface area contributed by atoms with Gasteiger partial charge in [0.25, 0.3) is 5.91 Å². The van der Waals surface area contributed by atoms with Crippen LogP contribution >= 0.6 is 0 Å². The Morgan fingerprint density at radius 2 is 2.08 bits per heavy atom.